The maximum absolute atomic E-state index is 12.0. The lowest BCUT2D eigenvalue weighted by Crippen LogP contribution is -2.43. The van der Waals surface area contributed by atoms with Gasteiger partial charge in [-0.2, -0.15) is 5.26 Å². The molecule has 114 valence electrons. The minimum absolute atomic E-state index is 0.111. The Morgan fingerprint density at radius 1 is 1.23 bits per heavy atom. The molecule has 0 saturated heterocycles. The van der Waals surface area contributed by atoms with Gasteiger partial charge >= 0.3 is 0 Å². The first-order valence-corrected chi connectivity index (χ1v) is 8.19. The highest BCUT2D eigenvalue weighted by molar-refractivity contribution is 8.00. The molecule has 4 heteroatoms. The van der Waals surface area contributed by atoms with Gasteiger partial charge in [-0.05, 0) is 28.3 Å². The zero-order chi connectivity index (χ0) is 16.2. The summed E-state index contributed by atoms with van der Waals surface area (Å²) in [5.74, 6) is 0.201. The van der Waals surface area contributed by atoms with Crippen LogP contribution in [0.1, 0.15) is 20.8 Å². The molecule has 0 spiro atoms. The molecule has 3 nitrogen and oxygen atoms in total. The zero-order valence-corrected chi connectivity index (χ0v) is 13.9. The number of carbonyl (C=O) groups is 1. The van der Waals surface area contributed by atoms with Crippen LogP contribution in [0.2, 0.25) is 0 Å². The lowest BCUT2D eigenvalue weighted by Gasteiger charge is -2.25. The number of benzene rings is 2. The standard InChI is InChI=1S/C18H20N2OS/c1-18(2,3)16(11-19)20-17(21)12-22-15-9-8-13-6-4-5-7-14(13)10-15/h4-10,16H,12H2,1-3H3,(H,20,21)/t16-/m0/s1. The number of nitriles is 1. The summed E-state index contributed by atoms with van der Waals surface area (Å²) in [6.45, 7) is 5.83. The van der Waals surface area contributed by atoms with Crippen LogP contribution in [0.5, 0.6) is 0 Å². The number of hydrogen-bond donors (Lipinski definition) is 1. The molecule has 0 unspecified atom stereocenters. The highest BCUT2D eigenvalue weighted by Crippen LogP contribution is 2.24. The molecule has 2 aromatic rings. The fraction of sp³-hybridized carbons (Fsp3) is 0.333. The van der Waals surface area contributed by atoms with Crippen molar-refractivity contribution in [2.24, 2.45) is 5.41 Å². The number of hydrogen-bond acceptors (Lipinski definition) is 3. The second-order valence-corrected chi connectivity index (χ2v) is 7.34. The molecule has 0 aliphatic carbocycles. The lowest BCUT2D eigenvalue weighted by molar-refractivity contribution is -0.119. The molecule has 1 N–H and O–H groups in total. The lowest BCUT2D eigenvalue weighted by atomic mass is 9.88. The van der Waals surface area contributed by atoms with Crippen LogP contribution < -0.4 is 5.32 Å². The average molecular weight is 312 g/mol. The van der Waals surface area contributed by atoms with Crippen molar-refractivity contribution in [2.45, 2.75) is 31.7 Å². The largest absolute Gasteiger partial charge is 0.339 e. The number of rotatable bonds is 4. The van der Waals surface area contributed by atoms with Gasteiger partial charge < -0.3 is 5.32 Å². The van der Waals surface area contributed by atoms with Gasteiger partial charge in [0.05, 0.1) is 11.8 Å². The summed E-state index contributed by atoms with van der Waals surface area (Å²) in [4.78, 5) is 13.1. The third-order valence-corrected chi connectivity index (χ3v) is 4.39. The molecule has 0 heterocycles. The predicted octanol–water partition coefficient (Wildman–Crippen LogP) is 3.99. The molecule has 2 aromatic carbocycles. The fourth-order valence-corrected chi connectivity index (χ4v) is 2.81. The van der Waals surface area contributed by atoms with E-state index in [2.05, 4.69) is 35.7 Å². The van der Waals surface area contributed by atoms with E-state index in [9.17, 15) is 4.79 Å². The van der Waals surface area contributed by atoms with E-state index < -0.39 is 6.04 Å². The first kappa shape index (κ1) is 16.4. The number of nitrogens with zero attached hydrogens (tertiary/aromatic N) is 1. The third-order valence-electron chi connectivity index (χ3n) is 3.39. The van der Waals surface area contributed by atoms with Crippen LogP contribution in [-0.2, 0) is 4.79 Å². The Bertz CT molecular complexity index is 713. The van der Waals surface area contributed by atoms with Gasteiger partial charge in [0.15, 0.2) is 0 Å². The molecule has 1 amide bonds. The number of amides is 1. The van der Waals surface area contributed by atoms with Gasteiger partial charge in [0.25, 0.3) is 0 Å². The van der Waals surface area contributed by atoms with Gasteiger partial charge in [0.2, 0.25) is 5.91 Å². The highest BCUT2D eigenvalue weighted by atomic mass is 32.2. The predicted molar refractivity (Wildman–Crippen MR) is 91.7 cm³/mol. The van der Waals surface area contributed by atoms with Gasteiger partial charge in [-0.3, -0.25) is 4.79 Å². The molecule has 0 fully saturated rings. The van der Waals surface area contributed by atoms with E-state index in [4.69, 9.17) is 5.26 Å². The molecule has 0 aliphatic heterocycles. The quantitative estimate of drug-likeness (QED) is 0.869. The van der Waals surface area contributed by atoms with Crippen molar-refractivity contribution in [1.82, 2.24) is 5.32 Å². The number of carbonyl (C=O) groups excluding carboxylic acids is 1. The molecule has 1 atom stereocenters. The van der Waals surface area contributed by atoms with Crippen LogP contribution >= 0.6 is 11.8 Å². The van der Waals surface area contributed by atoms with Crippen molar-refractivity contribution < 1.29 is 4.79 Å². The Balaban J connectivity index is 1.96. The number of fused-ring (bicyclic) bond motifs is 1. The van der Waals surface area contributed by atoms with E-state index in [-0.39, 0.29) is 11.3 Å². The van der Waals surface area contributed by atoms with Crippen LogP contribution in [0.15, 0.2) is 47.4 Å². The van der Waals surface area contributed by atoms with E-state index in [0.29, 0.717) is 5.75 Å². The summed E-state index contributed by atoms with van der Waals surface area (Å²) in [5.41, 5.74) is -0.266. The Morgan fingerprint density at radius 2 is 1.91 bits per heavy atom. The Labute approximate surface area is 135 Å². The van der Waals surface area contributed by atoms with Crippen molar-refractivity contribution in [3.05, 3.63) is 42.5 Å². The average Bonchev–Trinajstić information content (AvgIpc) is 2.49. The number of nitrogens with one attached hydrogen (secondary N) is 1. The summed E-state index contributed by atoms with van der Waals surface area (Å²) in [5, 5.41) is 14.3. The van der Waals surface area contributed by atoms with Gasteiger partial charge in [0, 0.05) is 4.90 Å². The smallest absolute Gasteiger partial charge is 0.231 e. The second kappa shape index (κ2) is 6.85. The first-order chi connectivity index (χ1) is 10.4. The summed E-state index contributed by atoms with van der Waals surface area (Å²) in [6, 6.07) is 16.0. The Kier molecular flexibility index (Phi) is 5.10. The van der Waals surface area contributed by atoms with Crippen LogP contribution in [0.3, 0.4) is 0 Å². The van der Waals surface area contributed by atoms with Crippen molar-refractivity contribution in [1.29, 1.82) is 5.26 Å². The van der Waals surface area contributed by atoms with Crippen LogP contribution in [0.25, 0.3) is 10.8 Å². The third kappa shape index (κ3) is 4.25. The van der Waals surface area contributed by atoms with Crippen LogP contribution in [0.4, 0.5) is 0 Å². The first-order valence-electron chi connectivity index (χ1n) is 7.21. The number of thioether (sulfide) groups is 1. The van der Waals surface area contributed by atoms with E-state index in [1.165, 1.54) is 17.1 Å². The monoisotopic (exact) mass is 312 g/mol. The van der Waals surface area contributed by atoms with E-state index in [1.807, 2.05) is 39.0 Å². The fourth-order valence-electron chi connectivity index (χ4n) is 2.05. The van der Waals surface area contributed by atoms with Crippen molar-refractivity contribution in [3.63, 3.8) is 0 Å². The van der Waals surface area contributed by atoms with Gasteiger partial charge in [-0.15, -0.1) is 11.8 Å². The van der Waals surface area contributed by atoms with Crippen molar-refractivity contribution in [2.75, 3.05) is 5.75 Å². The summed E-state index contributed by atoms with van der Waals surface area (Å²) in [7, 11) is 0. The molecule has 0 radical (unpaired) electrons. The molecule has 0 saturated carbocycles. The summed E-state index contributed by atoms with van der Waals surface area (Å²) < 4.78 is 0. The van der Waals surface area contributed by atoms with E-state index >= 15 is 0 Å². The van der Waals surface area contributed by atoms with Crippen molar-refractivity contribution in [3.8, 4) is 6.07 Å². The van der Waals surface area contributed by atoms with Gasteiger partial charge in [0.1, 0.15) is 6.04 Å². The van der Waals surface area contributed by atoms with Crippen molar-refractivity contribution >= 4 is 28.4 Å². The Hall–Kier alpha value is -1.99. The molecule has 0 aromatic heterocycles. The molecule has 0 bridgehead atoms. The van der Waals surface area contributed by atoms with Crippen LogP contribution in [-0.4, -0.2) is 17.7 Å². The topological polar surface area (TPSA) is 52.9 Å². The normalized spacial score (nSPS) is 12.6. The zero-order valence-electron chi connectivity index (χ0n) is 13.1. The highest BCUT2D eigenvalue weighted by Gasteiger charge is 2.25. The molecular formula is C18H20N2OS. The molecule has 22 heavy (non-hydrogen) atoms. The molecular weight excluding hydrogens is 292 g/mol. The Morgan fingerprint density at radius 3 is 2.55 bits per heavy atom. The second-order valence-electron chi connectivity index (χ2n) is 6.29. The summed E-state index contributed by atoms with van der Waals surface area (Å²) in [6.07, 6.45) is 0. The van der Waals surface area contributed by atoms with E-state index in [0.717, 1.165) is 10.3 Å². The maximum Gasteiger partial charge on any atom is 0.231 e. The van der Waals surface area contributed by atoms with E-state index in [1.54, 1.807) is 0 Å². The molecule has 0 aliphatic rings. The minimum atomic E-state index is -0.475. The van der Waals surface area contributed by atoms with Gasteiger partial charge in [-0.25, -0.2) is 0 Å². The maximum atomic E-state index is 12.0. The van der Waals surface area contributed by atoms with Crippen LogP contribution in [0, 0.1) is 16.7 Å². The minimum Gasteiger partial charge on any atom is -0.339 e. The SMILES string of the molecule is CC(C)(C)[C@H](C#N)NC(=O)CSc1ccc2ccccc2c1. The van der Waals surface area contributed by atoms with Gasteiger partial charge in [-0.1, -0.05) is 51.1 Å². The molecule has 2 rings (SSSR count). The summed E-state index contributed by atoms with van der Waals surface area (Å²) >= 11 is 1.49.